The average Bonchev–Trinajstić information content (AvgIpc) is 3.33. The van der Waals surface area contributed by atoms with Gasteiger partial charge in [0.1, 0.15) is 13.2 Å². The van der Waals surface area contributed by atoms with Gasteiger partial charge in [0.2, 0.25) is 0 Å². The first-order valence-corrected chi connectivity index (χ1v) is 28.1. The van der Waals surface area contributed by atoms with E-state index in [4.69, 9.17) is 14.2 Å². The standard InChI is InChI=1S/C61H104O6/c1-4-7-10-13-16-19-22-25-28-29-30-31-34-36-39-42-45-48-51-54-60(63)66-57-58(67-61(64)55-52-49-46-43-40-37-33-27-24-21-18-15-12-9-6-3)56-65-59(62)53-50-47-44-41-38-35-32-26-23-20-17-14-11-8-5-2/h9,12,16,18-19,21,25-28,32-33,40,43,58H,4-8,10-11,13-15,17,20,22-24,29-31,34-39,41-42,44-57H2,1-3H3/b12-9-,19-16-,21-18-,28-25-,32-26-,33-27-,43-40-/t58-/m1/s1. The predicted molar refractivity (Wildman–Crippen MR) is 288 cm³/mol. The zero-order chi connectivity index (χ0) is 48.6. The van der Waals surface area contributed by atoms with E-state index in [1.54, 1.807) is 0 Å². The predicted octanol–water partition coefficient (Wildman–Crippen LogP) is 18.8. The third-order valence-corrected chi connectivity index (χ3v) is 11.9. The number of hydrogen-bond donors (Lipinski definition) is 0. The van der Waals surface area contributed by atoms with E-state index in [-0.39, 0.29) is 37.5 Å². The summed E-state index contributed by atoms with van der Waals surface area (Å²) in [5.41, 5.74) is 0. The fourth-order valence-electron chi connectivity index (χ4n) is 7.63. The van der Waals surface area contributed by atoms with Gasteiger partial charge in [-0.05, 0) is 116 Å². The summed E-state index contributed by atoms with van der Waals surface area (Å²) < 4.78 is 16.8. The molecule has 0 saturated carbocycles. The molecule has 0 radical (unpaired) electrons. The quantitative estimate of drug-likeness (QED) is 0.0262. The van der Waals surface area contributed by atoms with E-state index in [0.717, 1.165) is 89.9 Å². The molecule has 0 aromatic rings. The van der Waals surface area contributed by atoms with Crippen LogP contribution in [0, 0.1) is 0 Å². The topological polar surface area (TPSA) is 78.9 Å². The first kappa shape index (κ1) is 63.6. The number of rotatable bonds is 50. The molecule has 67 heavy (non-hydrogen) atoms. The van der Waals surface area contributed by atoms with Gasteiger partial charge in [-0.25, -0.2) is 0 Å². The van der Waals surface area contributed by atoms with E-state index in [1.807, 2.05) is 0 Å². The highest BCUT2D eigenvalue weighted by Crippen LogP contribution is 2.14. The Balaban J connectivity index is 4.44. The molecule has 0 heterocycles. The smallest absolute Gasteiger partial charge is 0.306 e. The SMILES string of the molecule is CC/C=C\C/C=C\C/C=C\C/C=C\CCCCC(=O)O[C@H](COC(=O)CCCCCCC/C=C\CCCCCCCC)COC(=O)CCCCCCCCCCC/C=C\C/C=C\CCCCC. The van der Waals surface area contributed by atoms with Crippen molar-refractivity contribution >= 4 is 17.9 Å². The minimum absolute atomic E-state index is 0.0980. The summed E-state index contributed by atoms with van der Waals surface area (Å²) in [7, 11) is 0. The highest BCUT2D eigenvalue weighted by atomic mass is 16.6. The van der Waals surface area contributed by atoms with Crippen LogP contribution in [0.2, 0.25) is 0 Å². The van der Waals surface area contributed by atoms with Crippen LogP contribution in [0.3, 0.4) is 0 Å². The molecule has 0 N–H and O–H groups in total. The number of ether oxygens (including phenoxy) is 3. The van der Waals surface area contributed by atoms with E-state index in [0.29, 0.717) is 19.3 Å². The van der Waals surface area contributed by atoms with Gasteiger partial charge in [0.05, 0.1) is 0 Å². The van der Waals surface area contributed by atoms with Crippen molar-refractivity contribution < 1.29 is 28.6 Å². The van der Waals surface area contributed by atoms with Crippen LogP contribution in [0.15, 0.2) is 85.1 Å². The maximum absolute atomic E-state index is 12.8. The van der Waals surface area contributed by atoms with E-state index in [9.17, 15) is 14.4 Å². The van der Waals surface area contributed by atoms with Gasteiger partial charge >= 0.3 is 17.9 Å². The second-order valence-electron chi connectivity index (χ2n) is 18.5. The molecular formula is C61H104O6. The largest absolute Gasteiger partial charge is 0.462 e. The molecule has 0 unspecified atom stereocenters. The molecule has 6 heteroatoms. The molecule has 0 bridgehead atoms. The summed E-state index contributed by atoms with van der Waals surface area (Å²) in [4.78, 5) is 38.1. The van der Waals surface area contributed by atoms with Gasteiger partial charge in [0.25, 0.3) is 0 Å². The summed E-state index contributed by atoms with van der Waals surface area (Å²) >= 11 is 0. The van der Waals surface area contributed by atoms with Gasteiger partial charge < -0.3 is 14.2 Å². The maximum atomic E-state index is 12.8. The lowest BCUT2D eigenvalue weighted by Crippen LogP contribution is -2.30. The third kappa shape index (κ3) is 53.4. The monoisotopic (exact) mass is 933 g/mol. The summed E-state index contributed by atoms with van der Waals surface area (Å²) in [6.45, 7) is 6.46. The van der Waals surface area contributed by atoms with Gasteiger partial charge in [-0.3, -0.25) is 14.4 Å². The molecule has 1 atom stereocenters. The molecular weight excluding hydrogens is 829 g/mol. The summed E-state index contributed by atoms with van der Waals surface area (Å²) in [6, 6.07) is 0. The normalized spacial score (nSPS) is 12.7. The van der Waals surface area contributed by atoms with Crippen molar-refractivity contribution in [3.05, 3.63) is 85.1 Å². The second kappa shape index (κ2) is 55.2. The minimum Gasteiger partial charge on any atom is -0.462 e. The molecule has 6 nitrogen and oxygen atoms in total. The number of esters is 3. The average molecular weight is 933 g/mol. The molecule has 0 fully saturated rings. The number of carbonyl (C=O) groups is 3. The summed E-state index contributed by atoms with van der Waals surface area (Å²) in [5, 5.41) is 0. The van der Waals surface area contributed by atoms with E-state index >= 15 is 0 Å². The van der Waals surface area contributed by atoms with Crippen LogP contribution < -0.4 is 0 Å². The fraction of sp³-hybridized carbons (Fsp3) is 0.721. The first-order chi connectivity index (χ1) is 33.0. The molecule has 0 aliphatic rings. The minimum atomic E-state index is -0.804. The zero-order valence-corrected chi connectivity index (χ0v) is 43.9. The van der Waals surface area contributed by atoms with Gasteiger partial charge in [0, 0.05) is 19.3 Å². The van der Waals surface area contributed by atoms with E-state index in [2.05, 4.69) is 106 Å². The van der Waals surface area contributed by atoms with Crippen molar-refractivity contribution in [2.45, 2.75) is 271 Å². The Labute approximate surface area is 414 Å². The Bertz CT molecular complexity index is 1300. The lowest BCUT2D eigenvalue weighted by atomic mass is 10.1. The maximum Gasteiger partial charge on any atom is 0.306 e. The van der Waals surface area contributed by atoms with Gasteiger partial charge in [0.15, 0.2) is 6.10 Å². The van der Waals surface area contributed by atoms with Crippen molar-refractivity contribution in [1.82, 2.24) is 0 Å². The van der Waals surface area contributed by atoms with Crippen LogP contribution in [0.5, 0.6) is 0 Å². The number of carbonyl (C=O) groups excluding carboxylic acids is 3. The van der Waals surface area contributed by atoms with Crippen molar-refractivity contribution in [3.8, 4) is 0 Å². The van der Waals surface area contributed by atoms with Crippen LogP contribution in [-0.2, 0) is 28.6 Å². The Hall–Kier alpha value is -3.41. The van der Waals surface area contributed by atoms with Crippen LogP contribution in [0.4, 0.5) is 0 Å². The summed E-state index contributed by atoms with van der Waals surface area (Å²) in [6.07, 6.45) is 71.4. The van der Waals surface area contributed by atoms with Crippen molar-refractivity contribution in [3.63, 3.8) is 0 Å². The van der Waals surface area contributed by atoms with Crippen LogP contribution in [-0.4, -0.2) is 37.2 Å². The third-order valence-electron chi connectivity index (χ3n) is 11.9. The van der Waals surface area contributed by atoms with E-state index < -0.39 is 6.10 Å². The van der Waals surface area contributed by atoms with Crippen molar-refractivity contribution in [2.24, 2.45) is 0 Å². The molecule has 0 amide bonds. The highest BCUT2D eigenvalue weighted by Gasteiger charge is 2.19. The van der Waals surface area contributed by atoms with Crippen molar-refractivity contribution in [2.75, 3.05) is 13.2 Å². The van der Waals surface area contributed by atoms with Crippen molar-refractivity contribution in [1.29, 1.82) is 0 Å². The Kier molecular flexibility index (Phi) is 52.4. The Morgan fingerprint density at radius 1 is 0.313 bits per heavy atom. The Morgan fingerprint density at radius 2 is 0.582 bits per heavy atom. The molecule has 0 aliphatic carbocycles. The number of hydrogen-bond acceptors (Lipinski definition) is 6. The number of unbranched alkanes of at least 4 members (excludes halogenated alkanes) is 25. The molecule has 0 aliphatic heterocycles. The van der Waals surface area contributed by atoms with Gasteiger partial charge in [-0.2, -0.15) is 0 Å². The molecule has 0 rings (SSSR count). The first-order valence-electron chi connectivity index (χ1n) is 28.1. The van der Waals surface area contributed by atoms with Gasteiger partial charge in [-0.1, -0.05) is 215 Å². The molecule has 0 aromatic carbocycles. The Morgan fingerprint density at radius 3 is 0.985 bits per heavy atom. The molecule has 0 spiro atoms. The van der Waals surface area contributed by atoms with E-state index in [1.165, 1.54) is 128 Å². The van der Waals surface area contributed by atoms with Crippen LogP contribution in [0.1, 0.15) is 265 Å². The summed E-state index contributed by atoms with van der Waals surface area (Å²) in [5.74, 6) is -0.949. The highest BCUT2D eigenvalue weighted by molar-refractivity contribution is 5.71. The fourth-order valence-corrected chi connectivity index (χ4v) is 7.63. The van der Waals surface area contributed by atoms with Crippen LogP contribution in [0.25, 0.3) is 0 Å². The zero-order valence-electron chi connectivity index (χ0n) is 43.9. The lowest BCUT2D eigenvalue weighted by molar-refractivity contribution is -0.167. The molecule has 0 aromatic heterocycles. The number of allylic oxidation sites excluding steroid dienone is 14. The second-order valence-corrected chi connectivity index (χ2v) is 18.5. The van der Waals surface area contributed by atoms with Gasteiger partial charge in [-0.15, -0.1) is 0 Å². The molecule has 384 valence electrons. The van der Waals surface area contributed by atoms with Crippen LogP contribution >= 0.6 is 0 Å². The molecule has 0 saturated heterocycles. The lowest BCUT2D eigenvalue weighted by Gasteiger charge is -2.18.